The van der Waals surface area contributed by atoms with E-state index in [1.807, 2.05) is 45.0 Å². The van der Waals surface area contributed by atoms with E-state index in [0.717, 1.165) is 42.9 Å². The van der Waals surface area contributed by atoms with Crippen LogP contribution in [0, 0.1) is 6.92 Å². The number of aromatic nitrogens is 1. The van der Waals surface area contributed by atoms with Crippen LogP contribution in [-0.2, 0) is 22.5 Å². The Morgan fingerprint density at radius 2 is 1.97 bits per heavy atom. The first-order valence-electron chi connectivity index (χ1n) is 11.7. The number of phenols is 1. The molecule has 1 N–H and O–H groups in total. The van der Waals surface area contributed by atoms with Gasteiger partial charge in [0.2, 0.25) is 0 Å². The maximum absolute atomic E-state index is 12.1. The first-order valence-corrected chi connectivity index (χ1v) is 11.7. The molecule has 1 aliphatic rings. The Labute approximate surface area is 198 Å². The van der Waals surface area contributed by atoms with Crippen LogP contribution in [0.15, 0.2) is 45.7 Å². The number of anilines is 1. The monoisotopic (exact) mass is 465 g/mol. The summed E-state index contributed by atoms with van der Waals surface area (Å²) in [4.78, 5) is 33.1. The van der Waals surface area contributed by atoms with E-state index in [9.17, 15) is 14.7 Å². The molecule has 4 rings (SSSR count). The molecule has 8 nitrogen and oxygen atoms in total. The fourth-order valence-electron chi connectivity index (χ4n) is 4.36. The van der Waals surface area contributed by atoms with Gasteiger partial charge in [0.05, 0.1) is 11.7 Å². The third kappa shape index (κ3) is 5.39. The minimum absolute atomic E-state index is 0.0748. The molecule has 0 amide bonds. The maximum Gasteiger partial charge on any atom is 0.336 e. The molecular weight excluding hydrogens is 434 g/mol. The molecule has 3 heterocycles. The number of piperazine rings is 1. The van der Waals surface area contributed by atoms with Crippen molar-refractivity contribution in [2.45, 2.75) is 46.3 Å². The topological polar surface area (TPSA) is 96.1 Å². The largest absolute Gasteiger partial charge is 0.507 e. The summed E-state index contributed by atoms with van der Waals surface area (Å²) in [6.07, 6.45) is 2.11. The molecule has 0 unspecified atom stereocenters. The summed E-state index contributed by atoms with van der Waals surface area (Å²) in [7, 11) is 0. The van der Waals surface area contributed by atoms with Gasteiger partial charge in [-0.3, -0.25) is 9.69 Å². The lowest BCUT2D eigenvalue weighted by Crippen LogP contribution is -2.46. The molecule has 1 aliphatic heterocycles. The molecule has 1 aromatic carbocycles. The van der Waals surface area contributed by atoms with Crippen LogP contribution in [0.2, 0.25) is 0 Å². The lowest BCUT2D eigenvalue weighted by atomic mass is 9.98. The van der Waals surface area contributed by atoms with Gasteiger partial charge in [-0.25, -0.2) is 9.78 Å². The van der Waals surface area contributed by atoms with E-state index >= 15 is 0 Å². The quantitative estimate of drug-likeness (QED) is 0.419. The van der Waals surface area contributed by atoms with Gasteiger partial charge >= 0.3 is 11.6 Å². The van der Waals surface area contributed by atoms with Crippen LogP contribution in [0.3, 0.4) is 0 Å². The number of ether oxygens (including phenoxy) is 1. The van der Waals surface area contributed by atoms with Gasteiger partial charge in [-0.05, 0) is 56.5 Å². The van der Waals surface area contributed by atoms with Crippen LogP contribution in [-0.4, -0.2) is 53.2 Å². The molecule has 1 saturated heterocycles. The van der Waals surface area contributed by atoms with Crippen molar-refractivity contribution < 1.29 is 19.1 Å². The van der Waals surface area contributed by atoms with Gasteiger partial charge in [0.25, 0.3) is 0 Å². The summed E-state index contributed by atoms with van der Waals surface area (Å²) in [6, 6.07) is 9.14. The SMILES string of the molecule is Cc1cc(=O)oc2c(CN3CCN(c4ccccn4)CC3)c(O)c(CCC(=O)OC(C)C)cc12. The predicted molar refractivity (Wildman–Crippen MR) is 130 cm³/mol. The Morgan fingerprint density at radius 1 is 1.21 bits per heavy atom. The third-order valence-electron chi connectivity index (χ3n) is 6.08. The van der Waals surface area contributed by atoms with Crippen molar-refractivity contribution in [3.63, 3.8) is 0 Å². The highest BCUT2D eigenvalue weighted by Gasteiger charge is 2.23. The number of pyridine rings is 1. The zero-order chi connectivity index (χ0) is 24.2. The van der Waals surface area contributed by atoms with Crippen LogP contribution in [0.1, 0.15) is 37.0 Å². The Kier molecular flexibility index (Phi) is 7.17. The van der Waals surface area contributed by atoms with Gasteiger partial charge in [-0.2, -0.15) is 0 Å². The summed E-state index contributed by atoms with van der Waals surface area (Å²) in [6.45, 7) is 9.07. The number of benzene rings is 1. The standard InChI is InChI=1S/C26H31N3O5/c1-17(2)33-23(30)8-7-19-15-20-18(3)14-24(31)34-26(20)21(25(19)32)16-28-10-12-29(13-11-28)22-6-4-5-9-27-22/h4-6,9,14-15,17,32H,7-8,10-13,16H2,1-3H3. The summed E-state index contributed by atoms with van der Waals surface area (Å²) in [5, 5.41) is 11.9. The molecule has 180 valence electrons. The molecule has 0 atom stereocenters. The molecule has 34 heavy (non-hydrogen) atoms. The van der Waals surface area contributed by atoms with Crippen LogP contribution in [0.25, 0.3) is 11.0 Å². The minimum atomic E-state index is -0.445. The molecular formula is C26H31N3O5. The minimum Gasteiger partial charge on any atom is -0.507 e. The Bertz CT molecular complexity index is 1210. The van der Waals surface area contributed by atoms with Gasteiger partial charge in [-0.1, -0.05) is 6.07 Å². The van der Waals surface area contributed by atoms with Crippen molar-refractivity contribution in [2.75, 3.05) is 31.1 Å². The molecule has 0 aliphatic carbocycles. The second-order valence-corrected chi connectivity index (χ2v) is 8.98. The molecule has 0 saturated carbocycles. The van der Waals surface area contributed by atoms with Gasteiger partial charge in [0.1, 0.15) is 17.2 Å². The number of phenolic OH excluding ortho intramolecular Hbond substituents is 1. The van der Waals surface area contributed by atoms with Crippen LogP contribution in [0.5, 0.6) is 5.75 Å². The highest BCUT2D eigenvalue weighted by Crippen LogP contribution is 2.34. The predicted octanol–water partition coefficient (Wildman–Crippen LogP) is 3.41. The number of esters is 1. The number of carbonyl (C=O) groups excluding carboxylic acids is 1. The third-order valence-corrected chi connectivity index (χ3v) is 6.08. The van der Waals surface area contributed by atoms with Crippen LogP contribution >= 0.6 is 0 Å². The molecule has 2 aromatic heterocycles. The molecule has 0 radical (unpaired) electrons. The van der Waals surface area contributed by atoms with E-state index in [4.69, 9.17) is 9.15 Å². The number of aryl methyl sites for hydroxylation is 2. The molecule has 0 spiro atoms. The van der Waals surface area contributed by atoms with Crippen LogP contribution in [0.4, 0.5) is 5.82 Å². The van der Waals surface area contributed by atoms with Crippen molar-refractivity contribution in [1.29, 1.82) is 0 Å². The van der Waals surface area contributed by atoms with E-state index in [0.29, 0.717) is 29.7 Å². The number of hydrogen-bond donors (Lipinski definition) is 1. The normalized spacial score (nSPS) is 14.6. The summed E-state index contributed by atoms with van der Waals surface area (Å²) in [5.41, 5.74) is 1.96. The highest BCUT2D eigenvalue weighted by molar-refractivity contribution is 5.86. The smallest absolute Gasteiger partial charge is 0.336 e. The fourth-order valence-corrected chi connectivity index (χ4v) is 4.36. The van der Waals surface area contributed by atoms with E-state index in [1.165, 1.54) is 6.07 Å². The van der Waals surface area contributed by atoms with E-state index < -0.39 is 5.63 Å². The first kappa shape index (κ1) is 23.8. The number of fused-ring (bicyclic) bond motifs is 1. The second kappa shape index (κ2) is 10.3. The number of hydrogen-bond acceptors (Lipinski definition) is 8. The average molecular weight is 466 g/mol. The first-order chi connectivity index (χ1) is 16.3. The van der Waals surface area contributed by atoms with Crippen molar-refractivity contribution in [3.05, 3.63) is 63.6 Å². The van der Waals surface area contributed by atoms with Crippen molar-refractivity contribution in [3.8, 4) is 5.75 Å². The summed E-state index contributed by atoms with van der Waals surface area (Å²) >= 11 is 0. The number of carbonyl (C=O) groups is 1. The Hall–Kier alpha value is -3.39. The average Bonchev–Trinajstić information content (AvgIpc) is 2.81. The summed E-state index contributed by atoms with van der Waals surface area (Å²) in [5.74, 6) is 0.719. The van der Waals surface area contributed by atoms with E-state index in [2.05, 4.69) is 14.8 Å². The molecule has 3 aromatic rings. The lowest BCUT2D eigenvalue weighted by molar-refractivity contribution is -0.147. The van der Waals surface area contributed by atoms with E-state index in [-0.39, 0.29) is 24.2 Å². The fraction of sp³-hybridized carbons (Fsp3) is 0.423. The highest BCUT2D eigenvalue weighted by atomic mass is 16.5. The summed E-state index contributed by atoms with van der Waals surface area (Å²) < 4.78 is 10.8. The number of nitrogens with zero attached hydrogens (tertiary/aromatic N) is 3. The van der Waals surface area contributed by atoms with Crippen molar-refractivity contribution >= 4 is 22.8 Å². The van der Waals surface area contributed by atoms with Crippen molar-refractivity contribution in [1.82, 2.24) is 9.88 Å². The van der Waals surface area contributed by atoms with Gasteiger partial charge in [-0.15, -0.1) is 0 Å². The van der Waals surface area contributed by atoms with Gasteiger partial charge < -0.3 is 19.2 Å². The van der Waals surface area contributed by atoms with E-state index in [1.54, 1.807) is 6.20 Å². The Balaban J connectivity index is 1.58. The van der Waals surface area contributed by atoms with Gasteiger partial charge in [0.15, 0.2) is 0 Å². The number of aromatic hydroxyl groups is 1. The number of rotatable bonds is 7. The zero-order valence-corrected chi connectivity index (χ0v) is 19.9. The van der Waals surface area contributed by atoms with Crippen LogP contribution < -0.4 is 10.5 Å². The molecule has 8 heteroatoms. The molecule has 0 bridgehead atoms. The lowest BCUT2D eigenvalue weighted by Gasteiger charge is -2.35. The zero-order valence-electron chi connectivity index (χ0n) is 19.9. The van der Waals surface area contributed by atoms with Gasteiger partial charge in [0, 0.05) is 56.8 Å². The van der Waals surface area contributed by atoms with Crippen molar-refractivity contribution in [2.24, 2.45) is 0 Å². The Morgan fingerprint density at radius 3 is 2.65 bits per heavy atom. The second-order valence-electron chi connectivity index (χ2n) is 8.98. The molecule has 1 fully saturated rings. The maximum atomic E-state index is 12.1.